The molecule has 0 amide bonds. The van der Waals surface area contributed by atoms with Gasteiger partial charge in [-0.15, -0.1) is 0 Å². The SMILES string of the molecule is CCc1cn(-c2ccccc2)c(N2CCC(N)CC2C)n1. The van der Waals surface area contributed by atoms with Crippen LogP contribution < -0.4 is 10.6 Å². The van der Waals surface area contributed by atoms with Crippen LogP contribution in [0.2, 0.25) is 0 Å². The molecule has 4 heteroatoms. The number of hydrogen-bond acceptors (Lipinski definition) is 3. The Morgan fingerprint density at radius 1 is 1.29 bits per heavy atom. The normalized spacial score (nSPS) is 22.5. The number of benzene rings is 1. The van der Waals surface area contributed by atoms with Crippen LogP contribution in [0.1, 0.15) is 32.4 Å². The summed E-state index contributed by atoms with van der Waals surface area (Å²) in [5, 5.41) is 0. The smallest absolute Gasteiger partial charge is 0.210 e. The van der Waals surface area contributed by atoms with Gasteiger partial charge in [0.1, 0.15) is 0 Å². The Hall–Kier alpha value is -1.81. The molecule has 0 saturated carbocycles. The Kier molecular flexibility index (Phi) is 3.97. The molecule has 2 aromatic rings. The minimum Gasteiger partial charge on any atom is -0.339 e. The number of nitrogens with two attached hydrogens (primary N) is 1. The second-order valence-corrected chi connectivity index (χ2v) is 5.92. The van der Waals surface area contributed by atoms with E-state index >= 15 is 0 Å². The first-order valence-electron chi connectivity index (χ1n) is 7.85. The lowest BCUT2D eigenvalue weighted by molar-refractivity contribution is 0.423. The van der Waals surface area contributed by atoms with Gasteiger partial charge in [-0.3, -0.25) is 4.57 Å². The summed E-state index contributed by atoms with van der Waals surface area (Å²) in [5.41, 5.74) is 8.40. The number of imidazole rings is 1. The third kappa shape index (κ3) is 2.81. The van der Waals surface area contributed by atoms with E-state index in [9.17, 15) is 0 Å². The van der Waals surface area contributed by atoms with E-state index < -0.39 is 0 Å². The number of rotatable bonds is 3. The molecule has 0 bridgehead atoms. The lowest BCUT2D eigenvalue weighted by atomic mass is 10.00. The van der Waals surface area contributed by atoms with Gasteiger partial charge in [0.25, 0.3) is 0 Å². The van der Waals surface area contributed by atoms with E-state index in [0.717, 1.165) is 37.4 Å². The van der Waals surface area contributed by atoms with Crippen LogP contribution in [0.15, 0.2) is 36.5 Å². The summed E-state index contributed by atoms with van der Waals surface area (Å²) in [6, 6.07) is 11.2. The van der Waals surface area contributed by atoms with E-state index in [1.807, 2.05) is 6.07 Å². The molecule has 0 radical (unpaired) electrons. The van der Waals surface area contributed by atoms with E-state index in [1.165, 1.54) is 5.69 Å². The molecule has 3 rings (SSSR count). The Bertz CT molecular complexity index is 590. The molecule has 2 heterocycles. The summed E-state index contributed by atoms with van der Waals surface area (Å²) in [6.45, 7) is 5.38. The summed E-state index contributed by atoms with van der Waals surface area (Å²) in [7, 11) is 0. The standard InChI is InChI=1S/C17H24N4/c1-3-15-12-21(16-7-5-4-6-8-16)17(19-15)20-10-9-14(18)11-13(20)2/h4-8,12-14H,3,9-11,18H2,1-2H3. The summed E-state index contributed by atoms with van der Waals surface area (Å²) in [4.78, 5) is 7.25. The molecule has 0 spiro atoms. The van der Waals surface area contributed by atoms with Crippen LogP contribution in [0, 0.1) is 0 Å². The molecule has 1 aromatic carbocycles. The highest BCUT2D eigenvalue weighted by Gasteiger charge is 2.27. The van der Waals surface area contributed by atoms with Gasteiger partial charge in [-0.25, -0.2) is 4.98 Å². The first kappa shape index (κ1) is 14.1. The van der Waals surface area contributed by atoms with Crippen molar-refractivity contribution in [2.24, 2.45) is 5.73 Å². The molecule has 1 aromatic heterocycles. The maximum absolute atomic E-state index is 6.09. The summed E-state index contributed by atoms with van der Waals surface area (Å²) in [5.74, 6) is 1.05. The van der Waals surface area contributed by atoms with Crippen LogP contribution >= 0.6 is 0 Å². The summed E-state index contributed by atoms with van der Waals surface area (Å²) >= 11 is 0. The number of anilines is 1. The van der Waals surface area contributed by atoms with Crippen LogP contribution in [-0.2, 0) is 6.42 Å². The van der Waals surface area contributed by atoms with E-state index in [-0.39, 0.29) is 0 Å². The molecule has 4 nitrogen and oxygen atoms in total. The van der Waals surface area contributed by atoms with E-state index in [0.29, 0.717) is 12.1 Å². The fourth-order valence-electron chi connectivity index (χ4n) is 3.08. The lowest BCUT2D eigenvalue weighted by Gasteiger charge is -2.37. The first-order valence-corrected chi connectivity index (χ1v) is 7.85. The van der Waals surface area contributed by atoms with Gasteiger partial charge in [0.2, 0.25) is 5.95 Å². The molecule has 2 unspecified atom stereocenters. The average molecular weight is 284 g/mol. The number of hydrogen-bond donors (Lipinski definition) is 1. The van der Waals surface area contributed by atoms with Crippen molar-refractivity contribution in [1.29, 1.82) is 0 Å². The highest BCUT2D eigenvalue weighted by molar-refractivity contribution is 5.46. The summed E-state index contributed by atoms with van der Waals surface area (Å²) < 4.78 is 2.21. The fraction of sp³-hybridized carbons (Fsp3) is 0.471. The average Bonchev–Trinajstić information content (AvgIpc) is 2.92. The molecule has 21 heavy (non-hydrogen) atoms. The third-order valence-corrected chi connectivity index (χ3v) is 4.31. The number of aryl methyl sites for hydroxylation is 1. The molecule has 1 aliphatic rings. The highest BCUT2D eigenvalue weighted by Crippen LogP contribution is 2.26. The molecule has 1 fully saturated rings. The van der Waals surface area contributed by atoms with E-state index in [2.05, 4.69) is 53.8 Å². The molecule has 2 N–H and O–H groups in total. The largest absolute Gasteiger partial charge is 0.339 e. The second kappa shape index (κ2) is 5.90. The predicted octanol–water partition coefficient (Wildman–Crippen LogP) is 2.75. The van der Waals surface area contributed by atoms with Gasteiger partial charge in [0.05, 0.1) is 5.69 Å². The maximum atomic E-state index is 6.09. The molecule has 0 aliphatic carbocycles. The van der Waals surface area contributed by atoms with E-state index in [1.54, 1.807) is 0 Å². The van der Waals surface area contributed by atoms with E-state index in [4.69, 9.17) is 10.7 Å². The Morgan fingerprint density at radius 2 is 2.05 bits per heavy atom. The quantitative estimate of drug-likeness (QED) is 0.942. The molecule has 1 saturated heterocycles. The van der Waals surface area contributed by atoms with Gasteiger partial charge in [-0.1, -0.05) is 25.1 Å². The zero-order valence-electron chi connectivity index (χ0n) is 12.9. The van der Waals surface area contributed by atoms with Crippen molar-refractivity contribution in [3.8, 4) is 5.69 Å². The van der Waals surface area contributed by atoms with Crippen molar-refractivity contribution in [2.45, 2.75) is 45.2 Å². The Morgan fingerprint density at radius 3 is 2.71 bits per heavy atom. The number of nitrogens with zero attached hydrogens (tertiary/aromatic N) is 3. The van der Waals surface area contributed by atoms with Crippen molar-refractivity contribution >= 4 is 5.95 Å². The monoisotopic (exact) mass is 284 g/mol. The van der Waals surface area contributed by atoms with Crippen LogP contribution in [0.4, 0.5) is 5.95 Å². The predicted molar refractivity (Wildman–Crippen MR) is 87.0 cm³/mol. The van der Waals surface area contributed by atoms with Crippen molar-refractivity contribution < 1.29 is 0 Å². The first-order chi connectivity index (χ1) is 10.2. The summed E-state index contributed by atoms with van der Waals surface area (Å²) in [6.07, 6.45) is 5.18. The molecule has 2 atom stereocenters. The van der Waals surface area contributed by atoms with Gasteiger partial charge in [-0.2, -0.15) is 0 Å². The van der Waals surface area contributed by atoms with Crippen molar-refractivity contribution in [2.75, 3.05) is 11.4 Å². The number of para-hydroxylation sites is 1. The molecular weight excluding hydrogens is 260 g/mol. The van der Waals surface area contributed by atoms with Crippen LogP contribution in [0.25, 0.3) is 5.69 Å². The van der Waals surface area contributed by atoms with Crippen molar-refractivity contribution in [3.05, 3.63) is 42.2 Å². The van der Waals surface area contributed by atoms with Crippen LogP contribution in [0.3, 0.4) is 0 Å². The van der Waals surface area contributed by atoms with Gasteiger partial charge in [-0.05, 0) is 38.3 Å². The molecular formula is C17H24N4. The van der Waals surface area contributed by atoms with Crippen molar-refractivity contribution in [3.63, 3.8) is 0 Å². The third-order valence-electron chi connectivity index (χ3n) is 4.31. The number of piperidine rings is 1. The topological polar surface area (TPSA) is 47.1 Å². The van der Waals surface area contributed by atoms with Crippen LogP contribution in [-0.4, -0.2) is 28.2 Å². The van der Waals surface area contributed by atoms with Gasteiger partial charge in [0, 0.05) is 30.5 Å². The van der Waals surface area contributed by atoms with Crippen LogP contribution in [0.5, 0.6) is 0 Å². The second-order valence-electron chi connectivity index (χ2n) is 5.92. The molecule has 112 valence electrons. The zero-order valence-corrected chi connectivity index (χ0v) is 12.9. The van der Waals surface area contributed by atoms with Gasteiger partial charge >= 0.3 is 0 Å². The lowest BCUT2D eigenvalue weighted by Crippen LogP contribution is -2.46. The van der Waals surface area contributed by atoms with Crippen molar-refractivity contribution in [1.82, 2.24) is 9.55 Å². The minimum atomic E-state index is 0.321. The minimum absolute atomic E-state index is 0.321. The maximum Gasteiger partial charge on any atom is 0.210 e. The fourth-order valence-corrected chi connectivity index (χ4v) is 3.08. The Labute approximate surface area is 126 Å². The highest BCUT2D eigenvalue weighted by atomic mass is 15.3. The number of aromatic nitrogens is 2. The van der Waals surface area contributed by atoms with Gasteiger partial charge in [0.15, 0.2) is 0 Å². The zero-order chi connectivity index (χ0) is 14.8. The molecule has 1 aliphatic heterocycles. The Balaban J connectivity index is 2.00. The van der Waals surface area contributed by atoms with Gasteiger partial charge < -0.3 is 10.6 Å².